The number of anilines is 1. The number of nitro benzene ring substituents is 1. The van der Waals surface area contributed by atoms with Crippen molar-refractivity contribution in [2.45, 2.75) is 19.4 Å². The molecule has 0 aliphatic carbocycles. The van der Waals surface area contributed by atoms with Crippen molar-refractivity contribution in [3.63, 3.8) is 0 Å². The number of esters is 1. The molecule has 1 saturated heterocycles. The van der Waals surface area contributed by atoms with Crippen molar-refractivity contribution < 1.29 is 29.2 Å². The van der Waals surface area contributed by atoms with Gasteiger partial charge in [-0.25, -0.2) is 4.98 Å². The van der Waals surface area contributed by atoms with Crippen molar-refractivity contribution in [2.24, 2.45) is 0 Å². The van der Waals surface area contributed by atoms with Gasteiger partial charge < -0.3 is 9.84 Å². The third-order valence-corrected chi connectivity index (χ3v) is 6.15. The third-order valence-electron chi connectivity index (χ3n) is 5.26. The van der Waals surface area contributed by atoms with Crippen molar-refractivity contribution in [2.75, 3.05) is 11.5 Å². The van der Waals surface area contributed by atoms with E-state index in [0.29, 0.717) is 11.3 Å². The van der Waals surface area contributed by atoms with Crippen LogP contribution in [0.1, 0.15) is 29.8 Å². The van der Waals surface area contributed by atoms with Crippen LogP contribution in [0.3, 0.4) is 0 Å². The van der Waals surface area contributed by atoms with E-state index in [0.717, 1.165) is 16.2 Å². The molecule has 4 rings (SSSR count). The maximum Gasteiger partial charge on any atom is 0.311 e. The molecular formula is C24H19N3O7S. The van der Waals surface area contributed by atoms with Gasteiger partial charge in [0.1, 0.15) is 5.76 Å². The Balaban J connectivity index is 1.86. The summed E-state index contributed by atoms with van der Waals surface area (Å²) in [5.41, 5.74) is 0.436. The van der Waals surface area contributed by atoms with Crippen LogP contribution in [0.15, 0.2) is 65.6 Å². The van der Waals surface area contributed by atoms with E-state index in [1.807, 2.05) is 0 Å². The minimum atomic E-state index is -1.17. The Hall–Kier alpha value is -4.38. The van der Waals surface area contributed by atoms with Gasteiger partial charge in [0, 0.05) is 23.1 Å². The number of benzene rings is 2. The highest BCUT2D eigenvalue weighted by Gasteiger charge is 2.48. The van der Waals surface area contributed by atoms with E-state index >= 15 is 0 Å². The van der Waals surface area contributed by atoms with Crippen LogP contribution in [-0.2, 0) is 25.5 Å². The minimum absolute atomic E-state index is 0.106. The Labute approximate surface area is 203 Å². The number of hydrogen-bond acceptors (Lipinski definition) is 9. The van der Waals surface area contributed by atoms with Crippen molar-refractivity contribution in [1.29, 1.82) is 0 Å². The minimum Gasteiger partial charge on any atom is -0.507 e. The number of non-ortho nitro benzene ring substituents is 1. The van der Waals surface area contributed by atoms with Crippen LogP contribution in [0.4, 0.5) is 10.8 Å². The predicted octanol–water partition coefficient (Wildman–Crippen LogP) is 3.78. The van der Waals surface area contributed by atoms with Crippen molar-refractivity contribution in [3.8, 4) is 0 Å². The molecule has 0 unspecified atom stereocenters. The van der Waals surface area contributed by atoms with Gasteiger partial charge in [-0.15, -0.1) is 11.3 Å². The second-order valence-corrected chi connectivity index (χ2v) is 8.33. The van der Waals surface area contributed by atoms with E-state index in [-0.39, 0.29) is 35.0 Å². The second kappa shape index (κ2) is 9.85. The summed E-state index contributed by atoms with van der Waals surface area (Å²) < 4.78 is 4.93. The van der Waals surface area contributed by atoms with Gasteiger partial charge in [0.2, 0.25) is 0 Å². The van der Waals surface area contributed by atoms with Crippen molar-refractivity contribution in [1.82, 2.24) is 4.98 Å². The Morgan fingerprint density at radius 1 is 1.20 bits per heavy atom. The summed E-state index contributed by atoms with van der Waals surface area (Å²) in [6, 6.07) is 12.5. The van der Waals surface area contributed by atoms with Gasteiger partial charge in [0.05, 0.1) is 35.3 Å². The van der Waals surface area contributed by atoms with E-state index in [4.69, 9.17) is 4.74 Å². The number of aromatic nitrogens is 1. The lowest BCUT2D eigenvalue weighted by Crippen LogP contribution is -2.29. The van der Waals surface area contributed by atoms with Crippen LogP contribution < -0.4 is 4.90 Å². The molecule has 178 valence electrons. The molecule has 2 aromatic carbocycles. The number of nitrogens with zero attached hydrogens (tertiary/aromatic N) is 3. The number of thiazole rings is 1. The van der Waals surface area contributed by atoms with Crippen LogP contribution in [0.25, 0.3) is 5.76 Å². The summed E-state index contributed by atoms with van der Waals surface area (Å²) in [5, 5.41) is 24.1. The Morgan fingerprint density at radius 3 is 2.63 bits per heavy atom. The first-order chi connectivity index (χ1) is 16.8. The van der Waals surface area contributed by atoms with Gasteiger partial charge in [0.25, 0.3) is 11.5 Å². The van der Waals surface area contributed by atoms with E-state index in [2.05, 4.69) is 4.98 Å². The van der Waals surface area contributed by atoms with Gasteiger partial charge in [-0.3, -0.25) is 29.4 Å². The molecule has 1 amide bonds. The Kier molecular flexibility index (Phi) is 6.69. The van der Waals surface area contributed by atoms with Crippen LogP contribution in [-0.4, -0.2) is 39.3 Å². The molecule has 11 heteroatoms. The zero-order valence-corrected chi connectivity index (χ0v) is 19.2. The fraction of sp³-hybridized carbons (Fsp3) is 0.167. The summed E-state index contributed by atoms with van der Waals surface area (Å²) in [6.45, 7) is 1.88. The average Bonchev–Trinajstić information content (AvgIpc) is 3.41. The van der Waals surface area contributed by atoms with Gasteiger partial charge in [-0.1, -0.05) is 42.5 Å². The smallest absolute Gasteiger partial charge is 0.311 e. The SMILES string of the molecule is CCOC(=O)Cc1csc(N2C(=O)C(=O)C(=C(O)c3ccccc3)[C@@H]2c2cccc([N+](=O)[O-])c2)n1. The number of carbonyl (C=O) groups excluding carboxylic acids is 3. The van der Waals surface area contributed by atoms with E-state index in [9.17, 15) is 29.6 Å². The number of nitro groups is 1. The number of hydrogen-bond donors (Lipinski definition) is 1. The van der Waals surface area contributed by atoms with Gasteiger partial charge >= 0.3 is 11.9 Å². The molecule has 1 aliphatic heterocycles. The first-order valence-corrected chi connectivity index (χ1v) is 11.4. The standard InChI is InChI=1S/C24H19N3O7S/c1-2-34-18(28)12-16-13-35-24(25-16)26-20(15-9-6-10-17(11-15)27(32)33)19(22(30)23(26)31)21(29)14-7-4-3-5-8-14/h3-11,13,20,29H,2,12H2,1H3/t20-/m0/s1. The third kappa shape index (κ3) is 4.66. The molecular weight excluding hydrogens is 474 g/mol. The number of aliphatic hydroxyl groups excluding tert-OH is 1. The zero-order chi connectivity index (χ0) is 25.1. The highest BCUT2D eigenvalue weighted by Crippen LogP contribution is 2.43. The molecule has 0 saturated carbocycles. The molecule has 0 radical (unpaired) electrons. The molecule has 1 atom stereocenters. The number of ketones is 1. The van der Waals surface area contributed by atoms with Crippen molar-refractivity contribution >= 4 is 45.6 Å². The summed E-state index contributed by atoms with van der Waals surface area (Å²) in [4.78, 5) is 54.4. The van der Waals surface area contributed by atoms with Crippen LogP contribution >= 0.6 is 11.3 Å². The van der Waals surface area contributed by atoms with Gasteiger partial charge in [0.15, 0.2) is 5.13 Å². The molecule has 1 fully saturated rings. The van der Waals surface area contributed by atoms with E-state index in [1.165, 1.54) is 24.3 Å². The topological polar surface area (TPSA) is 140 Å². The highest BCUT2D eigenvalue weighted by atomic mass is 32.1. The molecule has 0 spiro atoms. The Bertz CT molecular complexity index is 1350. The maximum absolute atomic E-state index is 13.2. The average molecular weight is 493 g/mol. The molecule has 1 N–H and O–H groups in total. The number of ether oxygens (including phenoxy) is 1. The number of rotatable bonds is 7. The van der Waals surface area contributed by atoms with E-state index < -0.39 is 34.4 Å². The highest BCUT2D eigenvalue weighted by molar-refractivity contribution is 7.14. The second-order valence-electron chi connectivity index (χ2n) is 7.49. The van der Waals surface area contributed by atoms with Crippen molar-refractivity contribution in [3.05, 3.63) is 92.5 Å². The molecule has 0 bridgehead atoms. The van der Waals surface area contributed by atoms with E-state index in [1.54, 1.807) is 42.6 Å². The lowest BCUT2D eigenvalue weighted by molar-refractivity contribution is -0.384. The first kappa shape index (κ1) is 23.8. The van der Waals surface area contributed by atoms with Crippen LogP contribution in [0.5, 0.6) is 0 Å². The number of Topliss-reactive ketones (excluding diaryl/α,β-unsaturated/α-hetero) is 1. The first-order valence-electron chi connectivity index (χ1n) is 10.5. The lowest BCUT2D eigenvalue weighted by atomic mass is 9.95. The summed E-state index contributed by atoms with van der Waals surface area (Å²) in [5.74, 6) is -2.81. The molecule has 10 nitrogen and oxygen atoms in total. The predicted molar refractivity (Wildman–Crippen MR) is 127 cm³/mol. The number of amides is 1. The zero-order valence-electron chi connectivity index (χ0n) is 18.4. The Morgan fingerprint density at radius 2 is 1.94 bits per heavy atom. The van der Waals surface area contributed by atoms with Crippen LogP contribution in [0.2, 0.25) is 0 Å². The number of aliphatic hydroxyl groups is 1. The molecule has 35 heavy (non-hydrogen) atoms. The van der Waals surface area contributed by atoms with Gasteiger partial charge in [-0.2, -0.15) is 0 Å². The maximum atomic E-state index is 13.2. The van der Waals surface area contributed by atoms with Gasteiger partial charge in [-0.05, 0) is 12.5 Å². The fourth-order valence-corrected chi connectivity index (χ4v) is 4.60. The largest absolute Gasteiger partial charge is 0.507 e. The molecule has 3 aromatic rings. The lowest BCUT2D eigenvalue weighted by Gasteiger charge is -2.22. The molecule has 1 aliphatic rings. The quantitative estimate of drug-likeness (QED) is 0.131. The summed E-state index contributed by atoms with van der Waals surface area (Å²) >= 11 is 1.03. The summed E-state index contributed by atoms with van der Waals surface area (Å²) in [6.07, 6.45) is -0.125. The normalized spacial score (nSPS) is 16.9. The molecule has 1 aromatic heterocycles. The fourth-order valence-electron chi connectivity index (χ4n) is 3.75. The van der Waals surface area contributed by atoms with Crippen LogP contribution in [0, 0.1) is 10.1 Å². The summed E-state index contributed by atoms with van der Waals surface area (Å²) in [7, 11) is 0. The number of carbonyl (C=O) groups is 3. The monoisotopic (exact) mass is 493 g/mol. The molecule has 2 heterocycles.